The summed E-state index contributed by atoms with van der Waals surface area (Å²) in [6.07, 6.45) is 5.61. The average molecular weight is 286 g/mol. The van der Waals surface area contributed by atoms with Crippen LogP contribution in [0.4, 0.5) is 0 Å². The van der Waals surface area contributed by atoms with Crippen LogP contribution in [0.25, 0.3) is 0 Å². The molecule has 0 aromatic heterocycles. The zero-order chi connectivity index (χ0) is 14.8. The topological polar surface area (TPSA) is 41.1 Å². The van der Waals surface area contributed by atoms with E-state index in [9.17, 15) is 4.79 Å². The Morgan fingerprint density at radius 2 is 1.95 bits per heavy atom. The summed E-state index contributed by atoms with van der Waals surface area (Å²) in [6, 6.07) is 9.70. The predicted molar refractivity (Wildman–Crippen MR) is 85.0 cm³/mol. The second kappa shape index (κ2) is 6.18. The Bertz CT molecular complexity index is 502. The van der Waals surface area contributed by atoms with E-state index in [1.54, 1.807) is 0 Å². The third kappa shape index (κ3) is 3.46. The molecule has 3 atom stereocenters. The third-order valence-corrected chi connectivity index (χ3v) is 5.08. The van der Waals surface area contributed by atoms with Gasteiger partial charge in [0.2, 0.25) is 5.91 Å². The number of amides is 1. The first-order chi connectivity index (χ1) is 10.1. The van der Waals surface area contributed by atoms with E-state index in [4.69, 9.17) is 0 Å². The molecule has 0 spiro atoms. The largest absolute Gasteiger partial charge is 0.350 e. The molecule has 21 heavy (non-hydrogen) atoms. The van der Waals surface area contributed by atoms with Crippen LogP contribution < -0.4 is 10.6 Å². The molecule has 2 aliphatic rings. The van der Waals surface area contributed by atoms with Crippen molar-refractivity contribution >= 4 is 5.91 Å². The Balaban J connectivity index is 1.53. The number of carbonyl (C=O) groups is 1. The molecule has 3 rings (SSSR count). The minimum Gasteiger partial charge on any atom is -0.350 e. The van der Waals surface area contributed by atoms with Crippen LogP contribution in [0, 0.1) is 12.8 Å². The van der Waals surface area contributed by atoms with Crippen molar-refractivity contribution in [2.75, 3.05) is 0 Å². The van der Waals surface area contributed by atoms with Crippen LogP contribution in [0.3, 0.4) is 0 Å². The molecule has 1 aromatic carbocycles. The van der Waals surface area contributed by atoms with Gasteiger partial charge in [0.15, 0.2) is 0 Å². The first kappa shape index (κ1) is 14.6. The minimum atomic E-state index is 0.0946. The van der Waals surface area contributed by atoms with Crippen molar-refractivity contribution in [3.63, 3.8) is 0 Å². The number of nitrogens with one attached hydrogen (secondary N) is 2. The molecule has 3 heteroatoms. The fraction of sp³-hybridized carbons (Fsp3) is 0.611. The van der Waals surface area contributed by atoms with Crippen LogP contribution in [0.5, 0.6) is 0 Å². The summed E-state index contributed by atoms with van der Waals surface area (Å²) >= 11 is 0. The van der Waals surface area contributed by atoms with E-state index in [2.05, 4.69) is 36.6 Å². The maximum absolute atomic E-state index is 12.3. The fourth-order valence-electron chi connectivity index (χ4n) is 4.05. The highest BCUT2D eigenvalue weighted by Crippen LogP contribution is 2.32. The molecule has 2 bridgehead atoms. The van der Waals surface area contributed by atoms with Gasteiger partial charge in [0.05, 0.1) is 6.04 Å². The SMILES string of the molecule is Cc1ccccc1C(C)NC(=O)CC1CC2CCC(C1)N2. The molecule has 114 valence electrons. The quantitative estimate of drug-likeness (QED) is 0.893. The van der Waals surface area contributed by atoms with Crippen LogP contribution in [0.15, 0.2) is 24.3 Å². The van der Waals surface area contributed by atoms with Crippen molar-refractivity contribution in [2.24, 2.45) is 5.92 Å². The highest BCUT2D eigenvalue weighted by atomic mass is 16.1. The predicted octanol–water partition coefficient (Wildman–Crippen LogP) is 3.09. The van der Waals surface area contributed by atoms with Crippen molar-refractivity contribution in [3.05, 3.63) is 35.4 Å². The Morgan fingerprint density at radius 1 is 1.29 bits per heavy atom. The van der Waals surface area contributed by atoms with Gasteiger partial charge < -0.3 is 10.6 Å². The van der Waals surface area contributed by atoms with Gasteiger partial charge in [-0.05, 0) is 56.6 Å². The van der Waals surface area contributed by atoms with E-state index >= 15 is 0 Å². The van der Waals surface area contributed by atoms with E-state index < -0.39 is 0 Å². The minimum absolute atomic E-state index is 0.0946. The van der Waals surface area contributed by atoms with Gasteiger partial charge in [0.1, 0.15) is 0 Å². The Labute approximate surface area is 127 Å². The van der Waals surface area contributed by atoms with Gasteiger partial charge in [-0.15, -0.1) is 0 Å². The zero-order valence-corrected chi connectivity index (χ0v) is 13.1. The summed E-state index contributed by atoms with van der Waals surface area (Å²) in [6.45, 7) is 4.18. The van der Waals surface area contributed by atoms with Crippen molar-refractivity contribution in [1.82, 2.24) is 10.6 Å². The number of hydrogen-bond acceptors (Lipinski definition) is 2. The van der Waals surface area contributed by atoms with Crippen molar-refractivity contribution in [3.8, 4) is 0 Å². The molecule has 2 aliphatic heterocycles. The van der Waals surface area contributed by atoms with Crippen LogP contribution in [-0.2, 0) is 4.79 Å². The Hall–Kier alpha value is -1.35. The standard InChI is InChI=1S/C18H26N2O/c1-12-5-3-4-6-17(12)13(2)19-18(21)11-14-9-15-7-8-16(10-14)20-15/h3-6,13-16,20H,7-11H2,1-2H3,(H,19,21). The van der Waals surface area contributed by atoms with E-state index in [1.807, 2.05) is 12.1 Å². The lowest BCUT2D eigenvalue weighted by atomic mass is 9.89. The van der Waals surface area contributed by atoms with E-state index in [0.29, 0.717) is 24.4 Å². The molecule has 0 saturated carbocycles. The lowest BCUT2D eigenvalue weighted by Gasteiger charge is -2.29. The van der Waals surface area contributed by atoms with Gasteiger partial charge in [-0.2, -0.15) is 0 Å². The number of fused-ring (bicyclic) bond motifs is 2. The maximum Gasteiger partial charge on any atom is 0.220 e. The Kier molecular flexibility index (Phi) is 4.29. The number of rotatable bonds is 4. The molecule has 0 aliphatic carbocycles. The first-order valence-corrected chi connectivity index (χ1v) is 8.22. The van der Waals surface area contributed by atoms with E-state index in [1.165, 1.54) is 36.8 Å². The monoisotopic (exact) mass is 286 g/mol. The van der Waals surface area contributed by atoms with Gasteiger partial charge in [0, 0.05) is 18.5 Å². The lowest BCUT2D eigenvalue weighted by Crippen LogP contribution is -2.40. The second-order valence-electron chi connectivity index (χ2n) is 6.83. The van der Waals surface area contributed by atoms with E-state index in [-0.39, 0.29) is 11.9 Å². The van der Waals surface area contributed by atoms with Crippen LogP contribution >= 0.6 is 0 Å². The van der Waals surface area contributed by atoms with Crippen molar-refractivity contribution < 1.29 is 4.79 Å². The van der Waals surface area contributed by atoms with Gasteiger partial charge in [-0.1, -0.05) is 24.3 Å². The summed E-state index contributed by atoms with van der Waals surface area (Å²) in [5.41, 5.74) is 2.46. The molecule has 1 amide bonds. The summed E-state index contributed by atoms with van der Waals surface area (Å²) in [7, 11) is 0. The number of piperidine rings is 1. The van der Waals surface area contributed by atoms with Crippen LogP contribution in [0.1, 0.15) is 56.2 Å². The molecule has 2 saturated heterocycles. The van der Waals surface area contributed by atoms with Gasteiger partial charge >= 0.3 is 0 Å². The molecule has 3 unspecified atom stereocenters. The highest BCUT2D eigenvalue weighted by molar-refractivity contribution is 5.76. The average Bonchev–Trinajstić information content (AvgIpc) is 2.78. The molecule has 0 radical (unpaired) electrons. The molecular formula is C18H26N2O. The van der Waals surface area contributed by atoms with E-state index in [0.717, 1.165) is 0 Å². The normalized spacial score (nSPS) is 29.1. The smallest absolute Gasteiger partial charge is 0.220 e. The van der Waals surface area contributed by atoms with Crippen molar-refractivity contribution in [1.29, 1.82) is 0 Å². The van der Waals surface area contributed by atoms with Gasteiger partial charge in [0.25, 0.3) is 0 Å². The first-order valence-electron chi connectivity index (χ1n) is 8.22. The van der Waals surface area contributed by atoms with Crippen LogP contribution in [0.2, 0.25) is 0 Å². The fourth-order valence-corrected chi connectivity index (χ4v) is 4.05. The molecule has 3 nitrogen and oxygen atoms in total. The van der Waals surface area contributed by atoms with Crippen molar-refractivity contribution in [2.45, 2.75) is 64.1 Å². The Morgan fingerprint density at radius 3 is 2.62 bits per heavy atom. The molecule has 2 fully saturated rings. The maximum atomic E-state index is 12.3. The molecule has 2 N–H and O–H groups in total. The number of carbonyl (C=O) groups excluding carboxylic acids is 1. The number of aryl methyl sites for hydroxylation is 1. The van der Waals surface area contributed by atoms with Crippen LogP contribution in [-0.4, -0.2) is 18.0 Å². The number of benzene rings is 1. The zero-order valence-electron chi connectivity index (χ0n) is 13.1. The third-order valence-electron chi connectivity index (χ3n) is 5.08. The molecule has 1 aromatic rings. The van der Waals surface area contributed by atoms with Gasteiger partial charge in [-0.3, -0.25) is 4.79 Å². The summed E-state index contributed by atoms with van der Waals surface area (Å²) < 4.78 is 0. The number of hydrogen-bond donors (Lipinski definition) is 2. The summed E-state index contributed by atoms with van der Waals surface area (Å²) in [4.78, 5) is 12.3. The summed E-state index contributed by atoms with van der Waals surface area (Å²) in [5, 5.41) is 6.81. The molecule has 2 heterocycles. The lowest BCUT2D eigenvalue weighted by molar-refractivity contribution is -0.122. The summed E-state index contributed by atoms with van der Waals surface area (Å²) in [5.74, 6) is 0.768. The second-order valence-corrected chi connectivity index (χ2v) is 6.83. The van der Waals surface area contributed by atoms with Gasteiger partial charge in [-0.25, -0.2) is 0 Å². The molecular weight excluding hydrogens is 260 g/mol. The highest BCUT2D eigenvalue weighted by Gasteiger charge is 2.34.